The first-order valence-electron chi connectivity index (χ1n) is 34.7. The molecule has 0 aromatic rings. The molecule has 0 radical (unpaired) electrons. The molecule has 3 unspecified atom stereocenters. The fraction of sp³-hybridized carbons (Fsp3) is 0.845. The Morgan fingerprint density at radius 2 is 0.750 bits per heavy atom. The number of nitrogens with one attached hydrogen (secondary N) is 1. The summed E-state index contributed by atoms with van der Waals surface area (Å²) in [6.07, 6.45) is 84.7. The fourth-order valence-corrected chi connectivity index (χ4v) is 11.2. The standard InChI is InChI=1S/C71H135N2O6P/c1-6-8-10-12-14-16-18-20-22-24-26-27-28-29-30-31-32-33-34-35-36-37-38-39-40-41-42-43-44-45-47-49-51-53-55-57-59-61-63-65-71(75)72-69(68-79-80(76,77)78-67-66-73(3,4)5)70(74)64-62-60-58-56-54-52-50-48-46-25-23-21-19-17-15-13-11-9-7-2/h8,10,14,16,20,22,26-27,29-30,69-70,74H,6-7,9,11-13,15,17-19,21,23-25,28,31-68H2,1-5H3,(H-,72,75,76,77)/p+1/b10-8-,16-14-,22-20-,27-26-,30-29-. The van der Waals surface area contributed by atoms with Gasteiger partial charge in [-0.05, 0) is 57.8 Å². The first kappa shape index (κ1) is 78.2. The molecule has 470 valence electrons. The van der Waals surface area contributed by atoms with Crippen molar-refractivity contribution in [3.8, 4) is 0 Å². The van der Waals surface area contributed by atoms with E-state index in [9.17, 15) is 19.4 Å². The van der Waals surface area contributed by atoms with Gasteiger partial charge in [0.1, 0.15) is 13.2 Å². The second-order valence-corrected chi connectivity index (χ2v) is 26.3. The third-order valence-corrected chi connectivity index (χ3v) is 16.8. The minimum Gasteiger partial charge on any atom is -0.391 e. The summed E-state index contributed by atoms with van der Waals surface area (Å²) < 4.78 is 23.9. The summed E-state index contributed by atoms with van der Waals surface area (Å²) in [5.74, 6) is -0.138. The number of carbonyl (C=O) groups is 1. The van der Waals surface area contributed by atoms with Gasteiger partial charge in [0.15, 0.2) is 0 Å². The predicted octanol–water partition coefficient (Wildman–Crippen LogP) is 22.0. The lowest BCUT2D eigenvalue weighted by Gasteiger charge is -2.26. The predicted molar refractivity (Wildman–Crippen MR) is 350 cm³/mol. The van der Waals surface area contributed by atoms with Crippen LogP contribution in [-0.4, -0.2) is 73.4 Å². The molecule has 9 heteroatoms. The first-order chi connectivity index (χ1) is 39.0. The summed E-state index contributed by atoms with van der Waals surface area (Å²) in [5, 5.41) is 14.1. The maximum Gasteiger partial charge on any atom is 0.472 e. The lowest BCUT2D eigenvalue weighted by atomic mass is 10.0. The largest absolute Gasteiger partial charge is 0.472 e. The Morgan fingerprint density at radius 1 is 0.438 bits per heavy atom. The van der Waals surface area contributed by atoms with Crippen LogP contribution < -0.4 is 5.32 Å². The summed E-state index contributed by atoms with van der Waals surface area (Å²) in [6, 6.07) is -0.760. The van der Waals surface area contributed by atoms with Crippen molar-refractivity contribution in [3.05, 3.63) is 60.8 Å². The number of quaternary nitrogens is 1. The summed E-state index contributed by atoms with van der Waals surface area (Å²) >= 11 is 0. The second kappa shape index (κ2) is 61.8. The number of likely N-dealkylation sites (N-methyl/N-ethyl adjacent to an activating group) is 1. The SMILES string of the molecule is CC/C=C\C/C=C\C/C=C\C/C=C\C/C=C\CCCCCCCCCCCCCCCCCCCCCCCCCC(=O)NC(COP(=O)(O)OCC[N+](C)(C)C)C(O)CCCCCCCCCCCCCCCCCCCCC. The molecule has 0 spiro atoms. The molecule has 0 aromatic heterocycles. The lowest BCUT2D eigenvalue weighted by Crippen LogP contribution is -2.46. The molecule has 0 aliphatic rings. The molecule has 0 fully saturated rings. The number of aliphatic hydroxyl groups excluding tert-OH is 1. The molecule has 1 amide bonds. The average molecular weight is 1140 g/mol. The van der Waals surface area contributed by atoms with Gasteiger partial charge in [0.2, 0.25) is 5.91 Å². The smallest absolute Gasteiger partial charge is 0.391 e. The van der Waals surface area contributed by atoms with Crippen LogP contribution in [0.15, 0.2) is 60.8 Å². The highest BCUT2D eigenvalue weighted by molar-refractivity contribution is 7.47. The van der Waals surface area contributed by atoms with Crippen molar-refractivity contribution in [2.45, 2.75) is 347 Å². The zero-order valence-corrected chi connectivity index (χ0v) is 54.7. The Kier molecular flexibility index (Phi) is 60.4. The number of hydrogen-bond acceptors (Lipinski definition) is 5. The van der Waals surface area contributed by atoms with Crippen LogP contribution in [0.25, 0.3) is 0 Å². The maximum absolute atomic E-state index is 13.1. The molecule has 3 N–H and O–H groups in total. The molecule has 0 heterocycles. The summed E-state index contributed by atoms with van der Waals surface area (Å²) in [5.41, 5.74) is 0. The molecule has 0 aliphatic carbocycles. The summed E-state index contributed by atoms with van der Waals surface area (Å²) in [6.45, 7) is 4.82. The molecule has 0 saturated carbocycles. The van der Waals surface area contributed by atoms with Gasteiger partial charge in [-0.2, -0.15) is 0 Å². The first-order valence-corrected chi connectivity index (χ1v) is 36.1. The number of nitrogens with zero attached hydrogens (tertiary/aromatic N) is 1. The minimum atomic E-state index is -4.33. The summed E-state index contributed by atoms with van der Waals surface area (Å²) in [4.78, 5) is 23.4. The monoisotopic (exact) mass is 1140 g/mol. The van der Waals surface area contributed by atoms with Crippen LogP contribution in [0, 0.1) is 0 Å². The lowest BCUT2D eigenvalue weighted by molar-refractivity contribution is -0.870. The van der Waals surface area contributed by atoms with Crippen LogP contribution >= 0.6 is 7.82 Å². The number of allylic oxidation sites excluding steroid dienone is 10. The third-order valence-electron chi connectivity index (χ3n) is 15.8. The van der Waals surface area contributed by atoms with Gasteiger partial charge in [0, 0.05) is 6.42 Å². The van der Waals surface area contributed by atoms with E-state index in [1.807, 2.05) is 21.1 Å². The average Bonchev–Trinajstić information content (AvgIpc) is 3.42. The van der Waals surface area contributed by atoms with E-state index < -0.39 is 20.0 Å². The quantitative estimate of drug-likeness (QED) is 0.0243. The van der Waals surface area contributed by atoms with Crippen molar-refractivity contribution in [1.82, 2.24) is 5.32 Å². The van der Waals surface area contributed by atoms with E-state index in [0.717, 1.165) is 70.6 Å². The van der Waals surface area contributed by atoms with E-state index in [1.54, 1.807) is 0 Å². The number of carbonyl (C=O) groups excluding carboxylic acids is 1. The Hall–Kier alpha value is -1.80. The highest BCUT2D eigenvalue weighted by Crippen LogP contribution is 2.43. The van der Waals surface area contributed by atoms with E-state index in [2.05, 4.69) is 79.9 Å². The van der Waals surface area contributed by atoms with Gasteiger partial charge in [-0.3, -0.25) is 13.8 Å². The van der Waals surface area contributed by atoms with E-state index >= 15 is 0 Å². The van der Waals surface area contributed by atoms with Gasteiger partial charge in [0.25, 0.3) is 0 Å². The van der Waals surface area contributed by atoms with Crippen LogP contribution in [0.5, 0.6) is 0 Å². The molecule has 0 aliphatic heterocycles. The van der Waals surface area contributed by atoms with Gasteiger partial charge in [0.05, 0.1) is 39.9 Å². The summed E-state index contributed by atoms with van der Waals surface area (Å²) in [7, 11) is 1.63. The normalized spacial score (nSPS) is 14.0. The van der Waals surface area contributed by atoms with Crippen molar-refractivity contribution >= 4 is 13.7 Å². The molecular weight excluding hydrogens is 1010 g/mol. The van der Waals surface area contributed by atoms with E-state index in [1.165, 1.54) is 238 Å². The van der Waals surface area contributed by atoms with Gasteiger partial charge in [-0.25, -0.2) is 4.57 Å². The number of amides is 1. The number of unbranched alkanes of at least 4 members (excludes halogenated alkanes) is 41. The molecule has 80 heavy (non-hydrogen) atoms. The molecule has 0 rings (SSSR count). The van der Waals surface area contributed by atoms with Crippen LogP contribution in [-0.2, 0) is 18.4 Å². The molecule has 0 bridgehead atoms. The van der Waals surface area contributed by atoms with E-state index in [4.69, 9.17) is 9.05 Å². The van der Waals surface area contributed by atoms with Crippen LogP contribution in [0.2, 0.25) is 0 Å². The number of phosphoric acid groups is 1. The van der Waals surface area contributed by atoms with Crippen molar-refractivity contribution in [2.24, 2.45) is 0 Å². The molecule has 0 saturated heterocycles. The van der Waals surface area contributed by atoms with Crippen molar-refractivity contribution in [1.29, 1.82) is 0 Å². The Bertz CT molecular complexity index is 1490. The van der Waals surface area contributed by atoms with Gasteiger partial charge in [-0.1, -0.05) is 331 Å². The second-order valence-electron chi connectivity index (χ2n) is 24.9. The number of hydrogen-bond donors (Lipinski definition) is 3. The van der Waals surface area contributed by atoms with Crippen LogP contribution in [0.3, 0.4) is 0 Å². The number of aliphatic hydroxyl groups is 1. The zero-order chi connectivity index (χ0) is 58.4. The topological polar surface area (TPSA) is 105 Å². The highest BCUT2D eigenvalue weighted by Gasteiger charge is 2.28. The van der Waals surface area contributed by atoms with Crippen molar-refractivity contribution in [3.63, 3.8) is 0 Å². The van der Waals surface area contributed by atoms with Crippen LogP contribution in [0.4, 0.5) is 0 Å². The van der Waals surface area contributed by atoms with Crippen LogP contribution in [0.1, 0.15) is 335 Å². The van der Waals surface area contributed by atoms with Crippen molar-refractivity contribution < 1.29 is 32.9 Å². The molecular formula is C71H136N2O6P+. The highest BCUT2D eigenvalue weighted by atomic mass is 31.2. The fourth-order valence-electron chi connectivity index (χ4n) is 10.4. The third kappa shape index (κ3) is 63.8. The molecule has 3 atom stereocenters. The van der Waals surface area contributed by atoms with Gasteiger partial charge in [-0.15, -0.1) is 0 Å². The van der Waals surface area contributed by atoms with Crippen molar-refractivity contribution in [2.75, 3.05) is 40.9 Å². The van der Waals surface area contributed by atoms with E-state index in [-0.39, 0.29) is 19.1 Å². The molecule has 8 nitrogen and oxygen atoms in total. The Labute approximate surface area is 498 Å². The Balaban J connectivity index is 3.92. The zero-order valence-electron chi connectivity index (χ0n) is 53.8. The van der Waals surface area contributed by atoms with Gasteiger partial charge < -0.3 is 19.8 Å². The molecule has 0 aromatic carbocycles. The number of phosphoric ester groups is 1. The maximum atomic E-state index is 13.1. The van der Waals surface area contributed by atoms with E-state index in [0.29, 0.717) is 23.9 Å². The van der Waals surface area contributed by atoms with Gasteiger partial charge >= 0.3 is 7.82 Å². The minimum absolute atomic E-state index is 0.0762. The number of rotatable bonds is 64. The Morgan fingerprint density at radius 3 is 1.10 bits per heavy atom.